The monoisotopic (exact) mass is 317 g/mol. The lowest BCUT2D eigenvalue weighted by Gasteiger charge is -2.21. The van der Waals surface area contributed by atoms with Gasteiger partial charge in [0.15, 0.2) is 0 Å². The number of nitrogens with zero attached hydrogens (tertiary/aromatic N) is 1. The number of anilines is 2. The third-order valence-electron chi connectivity index (χ3n) is 3.39. The van der Waals surface area contributed by atoms with Gasteiger partial charge in [-0.3, -0.25) is 0 Å². The van der Waals surface area contributed by atoms with Crippen LogP contribution >= 0.6 is 15.9 Å². The standard InChI is InChI=1S/C15H16BrN3/c16-15-13(7-3-9-18-15)19-10-12-5-1-4-11-6-2-8-17-14(11)12/h1,3-5,7,9,17,19H,2,6,8,10H2. The first-order valence-electron chi connectivity index (χ1n) is 6.53. The highest BCUT2D eigenvalue weighted by molar-refractivity contribution is 9.10. The Labute approximate surface area is 121 Å². The van der Waals surface area contributed by atoms with Gasteiger partial charge in [0.25, 0.3) is 0 Å². The molecule has 1 aliphatic rings. The molecule has 0 bridgehead atoms. The zero-order valence-electron chi connectivity index (χ0n) is 10.6. The van der Waals surface area contributed by atoms with E-state index in [-0.39, 0.29) is 0 Å². The first-order chi connectivity index (χ1) is 9.34. The van der Waals surface area contributed by atoms with E-state index in [1.165, 1.54) is 29.7 Å². The van der Waals surface area contributed by atoms with Crippen molar-refractivity contribution in [2.45, 2.75) is 19.4 Å². The van der Waals surface area contributed by atoms with E-state index in [4.69, 9.17) is 0 Å². The molecule has 1 aromatic heterocycles. The number of hydrogen-bond acceptors (Lipinski definition) is 3. The smallest absolute Gasteiger partial charge is 0.129 e. The Morgan fingerprint density at radius 2 is 2.21 bits per heavy atom. The molecule has 2 N–H and O–H groups in total. The Hall–Kier alpha value is -1.55. The second-order valence-electron chi connectivity index (χ2n) is 4.68. The van der Waals surface area contributed by atoms with Crippen LogP contribution in [0.2, 0.25) is 0 Å². The average Bonchev–Trinajstić information content (AvgIpc) is 2.46. The molecule has 0 saturated heterocycles. The molecular formula is C15H16BrN3. The number of aryl methyl sites for hydroxylation is 1. The highest BCUT2D eigenvalue weighted by atomic mass is 79.9. The molecule has 0 aliphatic carbocycles. The van der Waals surface area contributed by atoms with Crippen molar-refractivity contribution in [1.82, 2.24) is 4.98 Å². The number of fused-ring (bicyclic) bond motifs is 1. The van der Waals surface area contributed by atoms with Crippen molar-refractivity contribution in [3.63, 3.8) is 0 Å². The maximum atomic E-state index is 4.22. The summed E-state index contributed by atoms with van der Waals surface area (Å²) < 4.78 is 0.854. The molecule has 0 atom stereocenters. The molecule has 2 aromatic rings. The molecule has 2 heterocycles. The quantitative estimate of drug-likeness (QED) is 0.845. The van der Waals surface area contributed by atoms with Crippen molar-refractivity contribution in [2.75, 3.05) is 17.2 Å². The minimum atomic E-state index is 0.806. The summed E-state index contributed by atoms with van der Waals surface area (Å²) >= 11 is 3.46. The van der Waals surface area contributed by atoms with E-state index < -0.39 is 0 Å². The number of pyridine rings is 1. The molecular weight excluding hydrogens is 302 g/mol. The molecule has 0 spiro atoms. The van der Waals surface area contributed by atoms with E-state index in [2.05, 4.69) is 49.7 Å². The van der Waals surface area contributed by atoms with Gasteiger partial charge in [-0.2, -0.15) is 0 Å². The SMILES string of the molecule is Brc1ncccc1NCc1cccc2c1NCCC2. The van der Waals surface area contributed by atoms with Crippen molar-refractivity contribution >= 4 is 27.3 Å². The average molecular weight is 318 g/mol. The van der Waals surface area contributed by atoms with Gasteiger partial charge in [0.05, 0.1) is 5.69 Å². The molecule has 3 rings (SSSR count). The summed E-state index contributed by atoms with van der Waals surface area (Å²) in [5, 5.41) is 6.94. The van der Waals surface area contributed by atoms with E-state index in [1.807, 2.05) is 12.1 Å². The van der Waals surface area contributed by atoms with Crippen LogP contribution in [-0.4, -0.2) is 11.5 Å². The summed E-state index contributed by atoms with van der Waals surface area (Å²) in [5.74, 6) is 0. The van der Waals surface area contributed by atoms with Crippen LogP contribution in [0, 0.1) is 0 Å². The van der Waals surface area contributed by atoms with E-state index in [1.54, 1.807) is 6.20 Å². The Bertz CT molecular complexity index is 583. The lowest BCUT2D eigenvalue weighted by Crippen LogP contribution is -2.15. The first-order valence-corrected chi connectivity index (χ1v) is 7.33. The van der Waals surface area contributed by atoms with Crippen LogP contribution < -0.4 is 10.6 Å². The predicted molar refractivity (Wildman–Crippen MR) is 82.5 cm³/mol. The largest absolute Gasteiger partial charge is 0.385 e. The normalized spacial score (nSPS) is 13.5. The molecule has 3 nitrogen and oxygen atoms in total. The Morgan fingerprint density at radius 1 is 1.26 bits per heavy atom. The first kappa shape index (κ1) is 12.5. The highest BCUT2D eigenvalue weighted by Crippen LogP contribution is 2.27. The fraction of sp³-hybridized carbons (Fsp3) is 0.267. The van der Waals surface area contributed by atoms with Crippen LogP contribution in [0.3, 0.4) is 0 Å². The highest BCUT2D eigenvalue weighted by Gasteiger charge is 2.12. The Morgan fingerprint density at radius 3 is 3.11 bits per heavy atom. The van der Waals surface area contributed by atoms with Crippen LogP contribution in [-0.2, 0) is 13.0 Å². The van der Waals surface area contributed by atoms with Gasteiger partial charge < -0.3 is 10.6 Å². The zero-order chi connectivity index (χ0) is 13.1. The number of halogens is 1. The summed E-state index contributed by atoms with van der Waals surface area (Å²) in [4.78, 5) is 4.22. The summed E-state index contributed by atoms with van der Waals surface area (Å²) in [6.45, 7) is 1.88. The Balaban J connectivity index is 1.79. The van der Waals surface area contributed by atoms with Gasteiger partial charge >= 0.3 is 0 Å². The molecule has 98 valence electrons. The molecule has 0 fully saturated rings. The van der Waals surface area contributed by atoms with Gasteiger partial charge in [-0.15, -0.1) is 0 Å². The minimum absolute atomic E-state index is 0.806. The van der Waals surface area contributed by atoms with Gasteiger partial charge in [-0.05, 0) is 52.0 Å². The maximum absolute atomic E-state index is 4.22. The number of hydrogen-bond donors (Lipinski definition) is 2. The van der Waals surface area contributed by atoms with Gasteiger partial charge in [0.1, 0.15) is 4.60 Å². The number of rotatable bonds is 3. The molecule has 0 radical (unpaired) electrons. The maximum Gasteiger partial charge on any atom is 0.129 e. The van der Waals surface area contributed by atoms with Crippen LogP contribution in [0.1, 0.15) is 17.5 Å². The van der Waals surface area contributed by atoms with E-state index >= 15 is 0 Å². The van der Waals surface area contributed by atoms with Crippen LogP contribution in [0.5, 0.6) is 0 Å². The number of benzene rings is 1. The molecule has 0 saturated carbocycles. The predicted octanol–water partition coefficient (Wildman–Crippen LogP) is 3.81. The van der Waals surface area contributed by atoms with Crippen LogP contribution in [0.15, 0.2) is 41.1 Å². The van der Waals surface area contributed by atoms with Crippen molar-refractivity contribution < 1.29 is 0 Å². The zero-order valence-corrected chi connectivity index (χ0v) is 12.2. The van der Waals surface area contributed by atoms with Gasteiger partial charge in [0.2, 0.25) is 0 Å². The second kappa shape index (κ2) is 5.61. The third kappa shape index (κ3) is 2.73. The van der Waals surface area contributed by atoms with Crippen molar-refractivity contribution in [2.24, 2.45) is 0 Å². The van der Waals surface area contributed by atoms with Gasteiger partial charge in [0, 0.05) is 25.0 Å². The lowest BCUT2D eigenvalue weighted by molar-refractivity contribution is 0.825. The topological polar surface area (TPSA) is 37.0 Å². The van der Waals surface area contributed by atoms with Crippen molar-refractivity contribution in [1.29, 1.82) is 0 Å². The third-order valence-corrected chi connectivity index (χ3v) is 4.02. The second-order valence-corrected chi connectivity index (χ2v) is 5.43. The molecule has 0 amide bonds. The van der Waals surface area contributed by atoms with Crippen LogP contribution in [0.4, 0.5) is 11.4 Å². The van der Waals surface area contributed by atoms with Crippen molar-refractivity contribution in [3.05, 3.63) is 52.3 Å². The lowest BCUT2D eigenvalue weighted by atomic mass is 9.99. The minimum Gasteiger partial charge on any atom is -0.385 e. The molecule has 0 unspecified atom stereocenters. The molecule has 4 heteroatoms. The molecule has 1 aromatic carbocycles. The van der Waals surface area contributed by atoms with Gasteiger partial charge in [-0.25, -0.2) is 4.98 Å². The van der Waals surface area contributed by atoms with E-state index in [0.29, 0.717) is 0 Å². The summed E-state index contributed by atoms with van der Waals surface area (Å²) in [5.41, 5.74) is 5.07. The number of para-hydroxylation sites is 1. The van der Waals surface area contributed by atoms with Crippen molar-refractivity contribution in [3.8, 4) is 0 Å². The Kier molecular flexibility index (Phi) is 3.69. The summed E-state index contributed by atoms with van der Waals surface area (Å²) in [6.07, 6.45) is 4.17. The number of nitrogens with one attached hydrogen (secondary N) is 2. The summed E-state index contributed by atoms with van der Waals surface area (Å²) in [7, 11) is 0. The van der Waals surface area contributed by atoms with Crippen LogP contribution in [0.25, 0.3) is 0 Å². The molecule has 1 aliphatic heterocycles. The fourth-order valence-corrected chi connectivity index (χ4v) is 2.83. The van der Waals surface area contributed by atoms with E-state index in [0.717, 1.165) is 23.4 Å². The summed E-state index contributed by atoms with van der Waals surface area (Å²) in [6, 6.07) is 10.5. The number of aromatic nitrogens is 1. The van der Waals surface area contributed by atoms with Gasteiger partial charge in [-0.1, -0.05) is 18.2 Å². The fourth-order valence-electron chi connectivity index (χ4n) is 2.44. The molecule has 19 heavy (non-hydrogen) atoms. The van der Waals surface area contributed by atoms with E-state index in [9.17, 15) is 0 Å².